The van der Waals surface area contributed by atoms with Crippen LogP contribution in [-0.4, -0.2) is 78.1 Å². The molecule has 0 spiro atoms. The largest absolute Gasteiger partial charge is 0.438 e. The van der Waals surface area contributed by atoms with Gasteiger partial charge in [0.15, 0.2) is 6.39 Å². The molecule has 0 unspecified atom stereocenters. The van der Waals surface area contributed by atoms with Crippen LogP contribution in [0.3, 0.4) is 0 Å². The quantitative estimate of drug-likeness (QED) is 0.743. The first-order chi connectivity index (χ1) is 14.1. The second kappa shape index (κ2) is 9.26. The molecule has 1 aromatic rings. The number of aryl methyl sites for hydroxylation is 1. The van der Waals surface area contributed by atoms with E-state index >= 15 is 0 Å². The number of carbonyl (C=O) groups excluding carboxylic acids is 2. The summed E-state index contributed by atoms with van der Waals surface area (Å²) in [5.74, 6) is 0.731. The van der Waals surface area contributed by atoms with Gasteiger partial charge in [0.05, 0.1) is 5.69 Å². The Bertz CT molecular complexity index is 703. The first-order valence-corrected chi connectivity index (χ1v) is 10.9. The Kier molecular flexibility index (Phi) is 6.50. The molecule has 4 rings (SSSR count). The topological polar surface area (TPSA) is 87.9 Å². The molecule has 1 aromatic heterocycles. The summed E-state index contributed by atoms with van der Waals surface area (Å²) >= 11 is 0. The van der Waals surface area contributed by atoms with E-state index in [4.69, 9.17) is 9.15 Å². The van der Waals surface area contributed by atoms with Gasteiger partial charge >= 0.3 is 0 Å². The molecule has 1 aliphatic carbocycles. The Morgan fingerprint density at radius 2 is 1.83 bits per heavy atom. The molecule has 29 heavy (non-hydrogen) atoms. The van der Waals surface area contributed by atoms with Gasteiger partial charge in [0.25, 0.3) is 5.91 Å². The number of nitrogens with zero attached hydrogens (tertiary/aromatic N) is 3. The summed E-state index contributed by atoms with van der Waals surface area (Å²) in [7, 11) is 0. The Morgan fingerprint density at radius 3 is 2.45 bits per heavy atom. The zero-order valence-electron chi connectivity index (χ0n) is 17.3. The fourth-order valence-electron chi connectivity index (χ4n) is 4.59. The number of hydrogen-bond donors (Lipinski definition) is 1. The lowest BCUT2D eigenvalue weighted by atomic mass is 9.97. The zero-order valence-corrected chi connectivity index (χ0v) is 17.3. The van der Waals surface area contributed by atoms with Crippen LogP contribution in [0.4, 0.5) is 0 Å². The minimum absolute atomic E-state index is 0.211. The Morgan fingerprint density at radius 1 is 1.14 bits per heavy atom. The van der Waals surface area contributed by atoms with Gasteiger partial charge in [0.2, 0.25) is 11.7 Å². The van der Waals surface area contributed by atoms with Crippen LogP contribution in [-0.2, 0) is 9.53 Å². The normalized spacial score (nSPS) is 21.5. The van der Waals surface area contributed by atoms with Crippen molar-refractivity contribution < 1.29 is 18.7 Å². The third kappa shape index (κ3) is 4.98. The molecule has 1 saturated carbocycles. The molecular formula is C21H32N4O4. The first-order valence-electron chi connectivity index (χ1n) is 10.9. The summed E-state index contributed by atoms with van der Waals surface area (Å²) in [4.78, 5) is 33.3. The number of likely N-dealkylation sites (tertiary alicyclic amines) is 1. The third-order valence-corrected chi connectivity index (χ3v) is 6.44. The molecule has 160 valence electrons. The van der Waals surface area contributed by atoms with Gasteiger partial charge in [-0.2, -0.15) is 0 Å². The zero-order chi connectivity index (χ0) is 20.2. The number of hydrogen-bond acceptors (Lipinski definition) is 6. The molecule has 2 amide bonds. The molecule has 3 heterocycles. The highest BCUT2D eigenvalue weighted by Crippen LogP contribution is 2.32. The molecule has 3 fully saturated rings. The van der Waals surface area contributed by atoms with Crippen molar-refractivity contribution in [3.8, 4) is 0 Å². The van der Waals surface area contributed by atoms with E-state index in [-0.39, 0.29) is 11.7 Å². The minimum atomic E-state index is -0.211. The Hall–Kier alpha value is -1.93. The smallest absolute Gasteiger partial charge is 0.289 e. The molecule has 0 aromatic carbocycles. The van der Waals surface area contributed by atoms with Gasteiger partial charge in [-0.05, 0) is 45.4 Å². The molecular weight excluding hydrogens is 372 g/mol. The van der Waals surface area contributed by atoms with Gasteiger partial charge in [-0.25, -0.2) is 4.98 Å². The Balaban J connectivity index is 1.32. The Labute approximate surface area is 172 Å². The van der Waals surface area contributed by atoms with Crippen LogP contribution in [0.5, 0.6) is 0 Å². The maximum atomic E-state index is 12.4. The summed E-state index contributed by atoms with van der Waals surface area (Å²) in [6.07, 6.45) is 7.49. The highest BCUT2D eigenvalue weighted by molar-refractivity contribution is 5.92. The van der Waals surface area contributed by atoms with Gasteiger partial charge < -0.3 is 19.4 Å². The lowest BCUT2D eigenvalue weighted by molar-refractivity contribution is -0.134. The third-order valence-electron chi connectivity index (χ3n) is 6.44. The molecule has 3 aliphatic rings. The summed E-state index contributed by atoms with van der Waals surface area (Å²) in [6.45, 7) is 6.42. The molecule has 8 nitrogen and oxygen atoms in total. The van der Waals surface area contributed by atoms with Crippen LogP contribution < -0.4 is 5.32 Å². The maximum absolute atomic E-state index is 12.4. The summed E-state index contributed by atoms with van der Waals surface area (Å²) < 4.78 is 10.7. The van der Waals surface area contributed by atoms with Crippen molar-refractivity contribution in [2.24, 2.45) is 5.92 Å². The average Bonchev–Trinajstić information content (AvgIpc) is 3.52. The van der Waals surface area contributed by atoms with Crippen LogP contribution >= 0.6 is 0 Å². The second-order valence-corrected chi connectivity index (χ2v) is 8.43. The van der Waals surface area contributed by atoms with E-state index in [9.17, 15) is 9.59 Å². The molecule has 2 saturated heterocycles. The predicted molar refractivity (Wildman–Crippen MR) is 106 cm³/mol. The first kappa shape index (κ1) is 20.3. The maximum Gasteiger partial charge on any atom is 0.289 e. The van der Waals surface area contributed by atoms with Crippen LogP contribution in [0.25, 0.3) is 0 Å². The lowest BCUT2D eigenvalue weighted by Crippen LogP contribution is -2.53. The van der Waals surface area contributed by atoms with E-state index in [0.717, 1.165) is 71.4 Å². The van der Waals surface area contributed by atoms with Crippen molar-refractivity contribution in [1.82, 2.24) is 20.1 Å². The van der Waals surface area contributed by atoms with Crippen LogP contribution in [0.15, 0.2) is 10.8 Å². The SMILES string of the molecule is Cc1ncoc1C(=O)NCCN(C1CCOCC1)C1CCN(C(=O)C2CC2)CC1. The van der Waals surface area contributed by atoms with E-state index in [0.29, 0.717) is 36.1 Å². The van der Waals surface area contributed by atoms with Crippen molar-refractivity contribution >= 4 is 11.8 Å². The molecule has 0 bridgehead atoms. The van der Waals surface area contributed by atoms with Gasteiger partial charge in [0.1, 0.15) is 0 Å². The van der Waals surface area contributed by atoms with Crippen molar-refractivity contribution in [1.29, 1.82) is 0 Å². The van der Waals surface area contributed by atoms with E-state index in [1.165, 1.54) is 6.39 Å². The van der Waals surface area contributed by atoms with Crippen molar-refractivity contribution in [3.05, 3.63) is 17.8 Å². The number of oxazole rings is 1. The molecule has 0 atom stereocenters. The number of carbonyl (C=O) groups is 2. The number of piperidine rings is 1. The highest BCUT2D eigenvalue weighted by atomic mass is 16.5. The molecule has 1 N–H and O–H groups in total. The average molecular weight is 405 g/mol. The van der Waals surface area contributed by atoms with Gasteiger partial charge in [-0.15, -0.1) is 0 Å². The second-order valence-electron chi connectivity index (χ2n) is 8.43. The monoisotopic (exact) mass is 404 g/mol. The van der Waals surface area contributed by atoms with Crippen LogP contribution in [0.1, 0.15) is 54.8 Å². The number of rotatable bonds is 7. The summed E-state index contributed by atoms with van der Waals surface area (Å²) in [5.41, 5.74) is 0.608. The van der Waals surface area contributed by atoms with Crippen molar-refractivity contribution in [2.45, 2.75) is 57.5 Å². The van der Waals surface area contributed by atoms with E-state index < -0.39 is 0 Å². The molecule has 8 heteroatoms. The van der Waals surface area contributed by atoms with Crippen molar-refractivity contribution in [2.75, 3.05) is 39.4 Å². The fraction of sp³-hybridized carbons (Fsp3) is 0.762. The van der Waals surface area contributed by atoms with E-state index in [2.05, 4.69) is 20.1 Å². The fourth-order valence-corrected chi connectivity index (χ4v) is 4.59. The summed E-state index contributed by atoms with van der Waals surface area (Å²) in [5, 5.41) is 2.97. The minimum Gasteiger partial charge on any atom is -0.438 e. The van der Waals surface area contributed by atoms with Crippen molar-refractivity contribution in [3.63, 3.8) is 0 Å². The molecule has 0 radical (unpaired) electrons. The number of ether oxygens (including phenoxy) is 1. The van der Waals surface area contributed by atoms with Crippen LogP contribution in [0, 0.1) is 12.8 Å². The standard InChI is InChI=1S/C21H32N4O4/c1-15-19(29-14-23-15)20(26)22-8-11-25(18-6-12-28-13-7-18)17-4-9-24(10-5-17)21(27)16-2-3-16/h14,16-18H,2-13H2,1H3,(H,22,26). The van der Waals surface area contributed by atoms with Crippen LogP contribution in [0.2, 0.25) is 0 Å². The summed E-state index contributed by atoms with van der Waals surface area (Å²) in [6, 6.07) is 0.925. The van der Waals surface area contributed by atoms with E-state index in [1.54, 1.807) is 6.92 Å². The number of amides is 2. The van der Waals surface area contributed by atoms with Gasteiger partial charge in [-0.1, -0.05) is 0 Å². The molecule has 2 aliphatic heterocycles. The highest BCUT2D eigenvalue weighted by Gasteiger charge is 2.37. The lowest BCUT2D eigenvalue weighted by Gasteiger charge is -2.43. The van der Waals surface area contributed by atoms with Gasteiger partial charge in [0, 0.05) is 57.4 Å². The number of aromatic nitrogens is 1. The number of nitrogens with one attached hydrogen (secondary N) is 1. The van der Waals surface area contributed by atoms with E-state index in [1.807, 2.05) is 0 Å². The predicted octanol–water partition coefficient (Wildman–Crippen LogP) is 1.59. The van der Waals surface area contributed by atoms with Gasteiger partial charge in [-0.3, -0.25) is 14.5 Å².